The minimum absolute atomic E-state index is 0.0555. The Hall–Kier alpha value is -1.17. The lowest BCUT2D eigenvalue weighted by Gasteiger charge is -2.21. The second kappa shape index (κ2) is 5.31. The third kappa shape index (κ3) is 2.95. The molecule has 0 aliphatic heterocycles. The summed E-state index contributed by atoms with van der Waals surface area (Å²) in [5, 5.41) is 0. The van der Waals surface area contributed by atoms with Crippen LogP contribution in [0.3, 0.4) is 0 Å². The number of anilines is 1. The molecule has 0 aliphatic rings. The fraction of sp³-hybridized carbons (Fsp3) is 0.375. The number of benzene rings is 1. The SMILES string of the molecule is Cc1ccc(C)c(-c2nc(N)c(I)c(C(C)(C)C)n2)c1. The van der Waals surface area contributed by atoms with Gasteiger partial charge in [0.1, 0.15) is 5.82 Å². The minimum Gasteiger partial charge on any atom is -0.383 e. The molecule has 3 nitrogen and oxygen atoms in total. The topological polar surface area (TPSA) is 51.8 Å². The Labute approximate surface area is 134 Å². The molecule has 2 rings (SSSR count). The van der Waals surface area contributed by atoms with Crippen molar-refractivity contribution in [3.05, 3.63) is 38.6 Å². The zero-order valence-electron chi connectivity index (χ0n) is 12.6. The van der Waals surface area contributed by atoms with Crippen molar-refractivity contribution in [3.63, 3.8) is 0 Å². The number of halogens is 1. The normalized spacial score (nSPS) is 11.7. The van der Waals surface area contributed by atoms with E-state index >= 15 is 0 Å². The predicted molar refractivity (Wildman–Crippen MR) is 92.8 cm³/mol. The lowest BCUT2D eigenvalue weighted by molar-refractivity contribution is 0.564. The van der Waals surface area contributed by atoms with Gasteiger partial charge in [0.2, 0.25) is 0 Å². The molecular formula is C16H20IN3. The van der Waals surface area contributed by atoms with Crippen molar-refractivity contribution in [2.75, 3.05) is 5.73 Å². The lowest BCUT2D eigenvalue weighted by Crippen LogP contribution is -2.18. The standard InChI is InChI=1S/C16H20IN3/c1-9-6-7-10(2)11(8-9)15-19-13(16(3,4)5)12(17)14(18)20-15/h6-8H,1-5H3,(H2,18,19,20). The number of hydrogen-bond donors (Lipinski definition) is 1. The Morgan fingerprint density at radius 3 is 2.35 bits per heavy atom. The third-order valence-electron chi connectivity index (χ3n) is 3.22. The highest BCUT2D eigenvalue weighted by Gasteiger charge is 2.23. The van der Waals surface area contributed by atoms with Gasteiger partial charge in [0.15, 0.2) is 5.82 Å². The summed E-state index contributed by atoms with van der Waals surface area (Å²) in [7, 11) is 0. The van der Waals surface area contributed by atoms with E-state index < -0.39 is 0 Å². The molecule has 0 fully saturated rings. The maximum absolute atomic E-state index is 6.08. The van der Waals surface area contributed by atoms with Crippen LogP contribution >= 0.6 is 22.6 Å². The molecule has 0 atom stereocenters. The summed E-state index contributed by atoms with van der Waals surface area (Å²) in [4.78, 5) is 9.26. The second-order valence-electron chi connectivity index (χ2n) is 6.16. The second-order valence-corrected chi connectivity index (χ2v) is 7.24. The zero-order valence-corrected chi connectivity index (χ0v) is 14.7. The van der Waals surface area contributed by atoms with Crippen molar-refractivity contribution in [1.82, 2.24) is 9.97 Å². The van der Waals surface area contributed by atoms with E-state index in [9.17, 15) is 0 Å². The summed E-state index contributed by atoms with van der Waals surface area (Å²) < 4.78 is 0.948. The molecule has 0 saturated carbocycles. The highest BCUT2D eigenvalue weighted by atomic mass is 127. The summed E-state index contributed by atoms with van der Waals surface area (Å²) >= 11 is 2.23. The van der Waals surface area contributed by atoms with Crippen LogP contribution in [0.25, 0.3) is 11.4 Å². The van der Waals surface area contributed by atoms with Gasteiger partial charge in [0.25, 0.3) is 0 Å². The van der Waals surface area contributed by atoms with Gasteiger partial charge in [0, 0.05) is 11.0 Å². The van der Waals surface area contributed by atoms with E-state index in [-0.39, 0.29) is 5.41 Å². The molecule has 106 valence electrons. The first kappa shape index (κ1) is 15.2. The van der Waals surface area contributed by atoms with Crippen LogP contribution in [0.2, 0.25) is 0 Å². The van der Waals surface area contributed by atoms with Crippen molar-refractivity contribution >= 4 is 28.4 Å². The molecular weight excluding hydrogens is 361 g/mol. The van der Waals surface area contributed by atoms with Gasteiger partial charge in [-0.2, -0.15) is 0 Å². The largest absolute Gasteiger partial charge is 0.383 e. The van der Waals surface area contributed by atoms with Gasteiger partial charge in [-0.25, -0.2) is 9.97 Å². The van der Waals surface area contributed by atoms with Crippen molar-refractivity contribution in [1.29, 1.82) is 0 Å². The van der Waals surface area contributed by atoms with Gasteiger partial charge >= 0.3 is 0 Å². The molecule has 1 aromatic carbocycles. The quantitative estimate of drug-likeness (QED) is 0.752. The van der Waals surface area contributed by atoms with Crippen molar-refractivity contribution in [2.24, 2.45) is 0 Å². The molecule has 0 amide bonds. The minimum atomic E-state index is -0.0555. The fourth-order valence-corrected chi connectivity index (χ4v) is 3.11. The molecule has 0 radical (unpaired) electrons. The molecule has 1 aromatic heterocycles. The monoisotopic (exact) mass is 381 g/mol. The molecule has 4 heteroatoms. The zero-order chi connectivity index (χ0) is 15.1. The smallest absolute Gasteiger partial charge is 0.162 e. The molecule has 2 N–H and O–H groups in total. The predicted octanol–water partition coefficient (Wildman–Crippen LogP) is 4.24. The van der Waals surface area contributed by atoms with E-state index in [1.807, 2.05) is 0 Å². The van der Waals surface area contributed by atoms with E-state index in [4.69, 9.17) is 10.7 Å². The van der Waals surface area contributed by atoms with Crippen molar-refractivity contribution in [2.45, 2.75) is 40.0 Å². The van der Waals surface area contributed by atoms with E-state index in [0.717, 1.165) is 20.4 Å². The molecule has 2 aromatic rings. The number of nitrogen functional groups attached to an aromatic ring is 1. The highest BCUT2D eigenvalue weighted by molar-refractivity contribution is 14.1. The summed E-state index contributed by atoms with van der Waals surface area (Å²) in [6, 6.07) is 6.31. The van der Waals surface area contributed by atoms with Gasteiger partial charge in [-0.15, -0.1) is 0 Å². The number of nitrogens with two attached hydrogens (primary N) is 1. The average Bonchev–Trinajstić information content (AvgIpc) is 2.34. The van der Waals surface area contributed by atoms with Crippen LogP contribution in [-0.2, 0) is 5.41 Å². The van der Waals surface area contributed by atoms with Gasteiger partial charge in [0.05, 0.1) is 9.26 Å². The van der Waals surface area contributed by atoms with Crippen molar-refractivity contribution in [3.8, 4) is 11.4 Å². The molecule has 0 spiro atoms. The van der Waals surface area contributed by atoms with E-state index in [2.05, 4.69) is 80.4 Å². The highest BCUT2D eigenvalue weighted by Crippen LogP contribution is 2.31. The Morgan fingerprint density at radius 1 is 1.10 bits per heavy atom. The van der Waals surface area contributed by atoms with Gasteiger partial charge in [-0.1, -0.05) is 38.5 Å². The molecule has 0 bridgehead atoms. The van der Waals surface area contributed by atoms with E-state index in [1.54, 1.807) is 0 Å². The van der Waals surface area contributed by atoms with Gasteiger partial charge < -0.3 is 5.73 Å². The van der Waals surface area contributed by atoms with Crippen LogP contribution in [0.5, 0.6) is 0 Å². The maximum atomic E-state index is 6.08. The lowest BCUT2D eigenvalue weighted by atomic mass is 9.91. The van der Waals surface area contributed by atoms with Crippen LogP contribution < -0.4 is 5.73 Å². The summed E-state index contributed by atoms with van der Waals surface area (Å²) in [6.07, 6.45) is 0. The third-order valence-corrected chi connectivity index (χ3v) is 4.28. The first-order valence-corrected chi connectivity index (χ1v) is 7.69. The summed E-state index contributed by atoms with van der Waals surface area (Å²) in [5.74, 6) is 1.27. The molecule has 0 unspecified atom stereocenters. The van der Waals surface area contributed by atoms with Crippen LogP contribution in [0, 0.1) is 17.4 Å². The number of aryl methyl sites for hydroxylation is 2. The van der Waals surface area contributed by atoms with E-state index in [1.165, 1.54) is 5.56 Å². The summed E-state index contributed by atoms with van der Waals surface area (Å²) in [6.45, 7) is 10.6. The van der Waals surface area contributed by atoms with Crippen LogP contribution in [-0.4, -0.2) is 9.97 Å². The van der Waals surface area contributed by atoms with Gasteiger partial charge in [-0.05, 0) is 48.1 Å². The van der Waals surface area contributed by atoms with Gasteiger partial charge in [-0.3, -0.25) is 0 Å². The number of aromatic nitrogens is 2. The first-order valence-electron chi connectivity index (χ1n) is 6.61. The Bertz CT molecular complexity index is 658. The van der Waals surface area contributed by atoms with Crippen LogP contribution in [0.1, 0.15) is 37.6 Å². The molecule has 0 aliphatic carbocycles. The Morgan fingerprint density at radius 2 is 1.75 bits per heavy atom. The van der Waals surface area contributed by atoms with Crippen molar-refractivity contribution < 1.29 is 0 Å². The molecule has 0 saturated heterocycles. The maximum Gasteiger partial charge on any atom is 0.162 e. The fourth-order valence-electron chi connectivity index (χ4n) is 2.06. The number of rotatable bonds is 1. The summed E-state index contributed by atoms with van der Waals surface area (Å²) in [5.41, 5.74) is 10.4. The molecule has 1 heterocycles. The van der Waals surface area contributed by atoms with Crippen LogP contribution in [0.15, 0.2) is 18.2 Å². The molecule has 20 heavy (non-hydrogen) atoms. The van der Waals surface area contributed by atoms with E-state index in [0.29, 0.717) is 11.6 Å². The van der Waals surface area contributed by atoms with Crippen LogP contribution in [0.4, 0.5) is 5.82 Å². The Balaban J connectivity index is 2.70. The number of hydrogen-bond acceptors (Lipinski definition) is 3. The first-order chi connectivity index (χ1) is 9.20. The Kier molecular flexibility index (Phi) is 4.04. The number of nitrogens with zero attached hydrogens (tertiary/aromatic N) is 2. The average molecular weight is 381 g/mol.